The molecule has 0 aliphatic carbocycles. The number of ether oxygens (including phenoxy) is 1. The summed E-state index contributed by atoms with van der Waals surface area (Å²) in [6, 6.07) is 12.5. The number of aryl methyl sites for hydroxylation is 2. The van der Waals surface area contributed by atoms with Crippen LogP contribution in [0.25, 0.3) is 0 Å². The van der Waals surface area contributed by atoms with E-state index < -0.39 is 6.04 Å². The van der Waals surface area contributed by atoms with Crippen molar-refractivity contribution in [3.05, 3.63) is 53.6 Å². The fourth-order valence-corrected chi connectivity index (χ4v) is 3.03. The summed E-state index contributed by atoms with van der Waals surface area (Å²) in [6.07, 6.45) is 0.151. The highest BCUT2D eigenvalue weighted by molar-refractivity contribution is 6.23. The first kappa shape index (κ1) is 16.1. The van der Waals surface area contributed by atoms with Crippen molar-refractivity contribution in [3.8, 4) is 5.75 Å². The lowest BCUT2D eigenvalue weighted by atomic mass is 10.1. The molecule has 2 aromatic carbocycles. The summed E-state index contributed by atoms with van der Waals surface area (Å²) in [4.78, 5) is 26.5. The van der Waals surface area contributed by atoms with Gasteiger partial charge in [0.05, 0.1) is 19.2 Å². The second-order valence-electron chi connectivity index (χ2n) is 5.94. The smallest absolute Gasteiger partial charge is 0.256 e. The zero-order valence-electron chi connectivity index (χ0n) is 14.0. The monoisotopic (exact) mass is 324 g/mol. The molecule has 5 nitrogen and oxygen atoms in total. The van der Waals surface area contributed by atoms with Crippen molar-refractivity contribution in [1.82, 2.24) is 0 Å². The minimum atomic E-state index is -0.551. The molecule has 3 rings (SSSR count). The number of nitrogens with one attached hydrogen (secondary N) is 1. The van der Waals surface area contributed by atoms with E-state index >= 15 is 0 Å². The Morgan fingerprint density at radius 2 is 1.67 bits per heavy atom. The molecule has 1 saturated heterocycles. The minimum Gasteiger partial charge on any atom is -0.497 e. The third-order valence-corrected chi connectivity index (χ3v) is 4.24. The van der Waals surface area contributed by atoms with Crippen LogP contribution in [0.3, 0.4) is 0 Å². The molecule has 1 aliphatic rings. The normalized spacial score (nSPS) is 17.3. The Morgan fingerprint density at radius 1 is 1.04 bits per heavy atom. The molecule has 1 fully saturated rings. The minimum absolute atomic E-state index is 0.151. The molecular weight excluding hydrogens is 304 g/mol. The Bertz CT molecular complexity index is 763. The molecule has 1 unspecified atom stereocenters. The van der Waals surface area contributed by atoms with Crippen molar-refractivity contribution in [2.75, 3.05) is 17.3 Å². The van der Waals surface area contributed by atoms with Crippen molar-refractivity contribution < 1.29 is 14.3 Å². The van der Waals surface area contributed by atoms with E-state index in [0.717, 1.165) is 22.6 Å². The number of rotatable bonds is 4. The summed E-state index contributed by atoms with van der Waals surface area (Å²) >= 11 is 0. The fraction of sp³-hybridized carbons (Fsp3) is 0.263. The molecule has 0 radical (unpaired) electrons. The maximum absolute atomic E-state index is 12.8. The number of methoxy groups -OCH3 is 1. The number of amides is 2. The van der Waals surface area contributed by atoms with Crippen LogP contribution in [0.1, 0.15) is 17.5 Å². The first-order chi connectivity index (χ1) is 11.5. The first-order valence-electron chi connectivity index (χ1n) is 7.85. The van der Waals surface area contributed by atoms with Crippen LogP contribution in [-0.4, -0.2) is 25.0 Å². The summed E-state index contributed by atoms with van der Waals surface area (Å²) in [6.45, 7) is 3.82. The highest BCUT2D eigenvalue weighted by atomic mass is 16.5. The van der Waals surface area contributed by atoms with Gasteiger partial charge in [-0.2, -0.15) is 0 Å². The van der Waals surface area contributed by atoms with Gasteiger partial charge in [-0.15, -0.1) is 0 Å². The number of hydrogen-bond acceptors (Lipinski definition) is 4. The number of carbonyl (C=O) groups excluding carboxylic acids is 2. The molecule has 24 heavy (non-hydrogen) atoms. The van der Waals surface area contributed by atoms with Gasteiger partial charge in [0, 0.05) is 5.69 Å². The molecule has 5 heteroatoms. The Hall–Kier alpha value is -2.82. The lowest BCUT2D eigenvalue weighted by Gasteiger charge is -2.20. The molecule has 0 aromatic heterocycles. The molecule has 2 amide bonds. The second kappa shape index (κ2) is 6.35. The van der Waals surface area contributed by atoms with Crippen molar-refractivity contribution in [2.24, 2.45) is 0 Å². The summed E-state index contributed by atoms with van der Waals surface area (Å²) in [5, 5.41) is 3.14. The molecule has 0 spiro atoms. The topological polar surface area (TPSA) is 58.6 Å². The van der Waals surface area contributed by atoms with Gasteiger partial charge >= 0.3 is 0 Å². The van der Waals surface area contributed by atoms with Gasteiger partial charge in [-0.25, -0.2) is 4.90 Å². The van der Waals surface area contributed by atoms with E-state index in [-0.39, 0.29) is 18.2 Å². The predicted molar refractivity (Wildman–Crippen MR) is 93.4 cm³/mol. The highest BCUT2D eigenvalue weighted by Crippen LogP contribution is 2.30. The Labute approximate surface area is 141 Å². The number of carbonyl (C=O) groups is 2. The van der Waals surface area contributed by atoms with Gasteiger partial charge in [-0.3, -0.25) is 9.59 Å². The second-order valence-corrected chi connectivity index (χ2v) is 5.94. The first-order valence-corrected chi connectivity index (χ1v) is 7.85. The number of nitrogens with zero attached hydrogens (tertiary/aromatic N) is 1. The number of anilines is 2. The average Bonchev–Trinajstić information content (AvgIpc) is 2.83. The number of benzene rings is 2. The zero-order chi connectivity index (χ0) is 17.3. The van der Waals surface area contributed by atoms with Gasteiger partial charge in [0.2, 0.25) is 5.91 Å². The highest BCUT2D eigenvalue weighted by Gasteiger charge is 2.40. The van der Waals surface area contributed by atoms with E-state index in [1.165, 1.54) is 4.90 Å². The summed E-state index contributed by atoms with van der Waals surface area (Å²) in [5.41, 5.74) is 3.32. The number of imide groups is 1. The van der Waals surface area contributed by atoms with Crippen LogP contribution < -0.4 is 15.0 Å². The number of para-hydroxylation sites is 1. The quantitative estimate of drug-likeness (QED) is 0.878. The van der Waals surface area contributed by atoms with Crippen LogP contribution >= 0.6 is 0 Å². The van der Waals surface area contributed by atoms with Crippen molar-refractivity contribution >= 4 is 23.2 Å². The lowest BCUT2D eigenvalue weighted by molar-refractivity contribution is -0.121. The molecule has 124 valence electrons. The van der Waals surface area contributed by atoms with Crippen LogP contribution in [0.15, 0.2) is 42.5 Å². The van der Waals surface area contributed by atoms with Gasteiger partial charge in [0.1, 0.15) is 11.8 Å². The van der Waals surface area contributed by atoms with Crippen LogP contribution in [0.2, 0.25) is 0 Å². The van der Waals surface area contributed by atoms with Crippen molar-refractivity contribution in [3.63, 3.8) is 0 Å². The van der Waals surface area contributed by atoms with Crippen molar-refractivity contribution in [2.45, 2.75) is 26.3 Å². The molecule has 1 heterocycles. The van der Waals surface area contributed by atoms with Gasteiger partial charge < -0.3 is 10.1 Å². The van der Waals surface area contributed by atoms with Gasteiger partial charge in [0.15, 0.2) is 0 Å². The summed E-state index contributed by atoms with van der Waals surface area (Å²) < 4.78 is 5.12. The van der Waals surface area contributed by atoms with E-state index in [1.54, 1.807) is 7.11 Å². The summed E-state index contributed by atoms with van der Waals surface area (Å²) in [5.74, 6) is 0.350. The molecule has 1 aliphatic heterocycles. The van der Waals surface area contributed by atoms with Gasteiger partial charge in [0.25, 0.3) is 5.91 Å². The maximum atomic E-state index is 12.8. The van der Waals surface area contributed by atoms with E-state index in [1.807, 2.05) is 56.3 Å². The fourth-order valence-electron chi connectivity index (χ4n) is 3.03. The van der Waals surface area contributed by atoms with Crippen LogP contribution in [0.5, 0.6) is 5.75 Å². The summed E-state index contributed by atoms with van der Waals surface area (Å²) in [7, 11) is 1.60. The van der Waals surface area contributed by atoms with Gasteiger partial charge in [-0.05, 0) is 49.2 Å². The van der Waals surface area contributed by atoms with E-state index in [2.05, 4.69) is 5.32 Å². The Balaban J connectivity index is 1.83. The predicted octanol–water partition coefficient (Wildman–Crippen LogP) is 3.06. The Morgan fingerprint density at radius 3 is 2.25 bits per heavy atom. The molecule has 0 bridgehead atoms. The lowest BCUT2D eigenvalue weighted by Crippen LogP contribution is -2.35. The van der Waals surface area contributed by atoms with E-state index in [4.69, 9.17) is 4.74 Å². The Kier molecular flexibility index (Phi) is 4.25. The van der Waals surface area contributed by atoms with Crippen LogP contribution in [0, 0.1) is 13.8 Å². The van der Waals surface area contributed by atoms with Crippen molar-refractivity contribution in [1.29, 1.82) is 0 Å². The molecule has 0 saturated carbocycles. The molecule has 1 N–H and O–H groups in total. The van der Waals surface area contributed by atoms with Crippen LogP contribution in [-0.2, 0) is 9.59 Å². The molecular formula is C19H20N2O3. The average molecular weight is 324 g/mol. The molecule has 1 atom stereocenters. The maximum Gasteiger partial charge on any atom is 0.256 e. The van der Waals surface area contributed by atoms with E-state index in [0.29, 0.717) is 5.69 Å². The largest absolute Gasteiger partial charge is 0.497 e. The van der Waals surface area contributed by atoms with E-state index in [9.17, 15) is 9.59 Å². The zero-order valence-corrected chi connectivity index (χ0v) is 14.0. The van der Waals surface area contributed by atoms with Crippen LogP contribution in [0.4, 0.5) is 11.4 Å². The SMILES string of the molecule is COc1ccc(NC2CC(=O)N(c3c(C)cccc3C)C2=O)cc1. The molecule has 2 aromatic rings. The third-order valence-electron chi connectivity index (χ3n) is 4.24. The van der Waals surface area contributed by atoms with Gasteiger partial charge in [-0.1, -0.05) is 18.2 Å². The standard InChI is InChI=1S/C19H20N2O3/c1-12-5-4-6-13(2)18(12)21-17(22)11-16(19(21)23)20-14-7-9-15(24-3)10-8-14/h4-10,16,20H,11H2,1-3H3. The third kappa shape index (κ3) is 2.85. The number of hydrogen-bond donors (Lipinski definition) is 1.